The summed E-state index contributed by atoms with van der Waals surface area (Å²) < 4.78 is 13.7. The van der Waals surface area contributed by atoms with Crippen molar-refractivity contribution < 1.29 is 4.39 Å². The Morgan fingerprint density at radius 3 is 2.21 bits per heavy atom. The number of aryl methyl sites for hydroxylation is 1. The van der Waals surface area contributed by atoms with Crippen molar-refractivity contribution in [3.8, 4) is 0 Å². The second-order valence-electron chi connectivity index (χ2n) is 4.60. The summed E-state index contributed by atoms with van der Waals surface area (Å²) in [4.78, 5) is 0.205. The van der Waals surface area contributed by atoms with Gasteiger partial charge in [-0.1, -0.05) is 79.9 Å². The lowest BCUT2D eigenvalue weighted by atomic mass is 10.0. The highest BCUT2D eigenvalue weighted by atomic mass is 79.9. The summed E-state index contributed by atoms with van der Waals surface area (Å²) in [6, 6.07) is 15.3. The number of halogens is 3. The molecule has 0 fully saturated rings. The standard InChI is InChI=1S/C16H15Br2F/c1-11-6-8-12(9-7-11)14(17)10-15(18)13-4-2-3-5-16(13)19/h2-9,14-15H,10H2,1H3. The van der Waals surface area contributed by atoms with Crippen LogP contribution >= 0.6 is 31.9 Å². The molecule has 0 saturated heterocycles. The second kappa shape index (κ2) is 6.67. The molecule has 0 saturated carbocycles. The van der Waals surface area contributed by atoms with Crippen LogP contribution in [0.2, 0.25) is 0 Å². The van der Waals surface area contributed by atoms with Gasteiger partial charge in [-0.15, -0.1) is 0 Å². The van der Waals surface area contributed by atoms with Crippen LogP contribution in [0, 0.1) is 12.7 Å². The molecule has 100 valence electrons. The molecule has 0 aliphatic heterocycles. The summed E-state index contributed by atoms with van der Waals surface area (Å²) in [7, 11) is 0. The van der Waals surface area contributed by atoms with Crippen molar-refractivity contribution in [2.75, 3.05) is 0 Å². The Morgan fingerprint density at radius 1 is 0.947 bits per heavy atom. The molecule has 2 rings (SSSR count). The van der Waals surface area contributed by atoms with Crippen LogP contribution in [0.1, 0.15) is 32.8 Å². The van der Waals surface area contributed by atoms with Crippen LogP contribution in [-0.4, -0.2) is 0 Å². The molecular weight excluding hydrogens is 371 g/mol. The maximum absolute atomic E-state index is 13.7. The lowest BCUT2D eigenvalue weighted by molar-refractivity contribution is 0.603. The Kier molecular flexibility index (Phi) is 5.17. The van der Waals surface area contributed by atoms with Crippen LogP contribution in [0.25, 0.3) is 0 Å². The highest BCUT2D eigenvalue weighted by molar-refractivity contribution is 9.09. The summed E-state index contributed by atoms with van der Waals surface area (Å²) in [6.45, 7) is 2.07. The molecule has 0 aliphatic rings. The zero-order chi connectivity index (χ0) is 13.8. The zero-order valence-corrected chi connectivity index (χ0v) is 13.8. The summed E-state index contributed by atoms with van der Waals surface area (Å²) in [5.41, 5.74) is 3.17. The Labute approximate surface area is 130 Å². The SMILES string of the molecule is Cc1ccc(C(Br)CC(Br)c2ccccc2F)cc1. The molecule has 0 bridgehead atoms. The van der Waals surface area contributed by atoms with E-state index in [1.54, 1.807) is 6.07 Å². The first-order valence-electron chi connectivity index (χ1n) is 6.17. The molecule has 0 aliphatic carbocycles. The Balaban J connectivity index is 2.08. The van der Waals surface area contributed by atoms with Gasteiger partial charge >= 0.3 is 0 Å². The number of hydrogen-bond donors (Lipinski definition) is 0. The fourth-order valence-electron chi connectivity index (χ4n) is 1.95. The Bertz CT molecular complexity index is 537. The molecule has 0 heterocycles. The van der Waals surface area contributed by atoms with Crippen molar-refractivity contribution in [3.05, 3.63) is 71.0 Å². The molecule has 0 N–H and O–H groups in total. The van der Waals surface area contributed by atoms with Crippen molar-refractivity contribution in [2.24, 2.45) is 0 Å². The highest BCUT2D eigenvalue weighted by Gasteiger charge is 2.17. The van der Waals surface area contributed by atoms with Crippen molar-refractivity contribution >= 4 is 31.9 Å². The van der Waals surface area contributed by atoms with E-state index in [9.17, 15) is 4.39 Å². The Hall–Kier alpha value is -0.670. The summed E-state index contributed by atoms with van der Waals surface area (Å²) in [6.07, 6.45) is 0.796. The van der Waals surface area contributed by atoms with Crippen LogP contribution in [-0.2, 0) is 0 Å². The predicted molar refractivity (Wildman–Crippen MR) is 85.5 cm³/mol. The molecule has 2 aromatic rings. The van der Waals surface area contributed by atoms with E-state index in [-0.39, 0.29) is 15.5 Å². The third-order valence-corrected chi connectivity index (χ3v) is 4.87. The molecular formula is C16H15Br2F. The summed E-state index contributed by atoms with van der Waals surface area (Å²) >= 11 is 7.26. The van der Waals surface area contributed by atoms with E-state index in [0.29, 0.717) is 5.56 Å². The van der Waals surface area contributed by atoms with Crippen LogP contribution in [0.15, 0.2) is 48.5 Å². The third kappa shape index (κ3) is 3.90. The molecule has 0 radical (unpaired) electrons. The van der Waals surface area contributed by atoms with Crippen LogP contribution in [0.3, 0.4) is 0 Å². The molecule has 3 heteroatoms. The minimum Gasteiger partial charge on any atom is -0.207 e. The number of hydrogen-bond acceptors (Lipinski definition) is 0. The van der Waals surface area contributed by atoms with Gasteiger partial charge in [-0.05, 0) is 25.0 Å². The van der Waals surface area contributed by atoms with Crippen LogP contribution in [0.5, 0.6) is 0 Å². The number of alkyl halides is 2. The average molecular weight is 386 g/mol. The molecule has 0 aromatic heterocycles. The van der Waals surface area contributed by atoms with Crippen molar-refractivity contribution in [2.45, 2.75) is 23.0 Å². The lowest BCUT2D eigenvalue weighted by Crippen LogP contribution is -1.99. The van der Waals surface area contributed by atoms with Gasteiger partial charge in [-0.3, -0.25) is 0 Å². The van der Waals surface area contributed by atoms with Gasteiger partial charge in [0.2, 0.25) is 0 Å². The normalized spacial score (nSPS) is 14.1. The average Bonchev–Trinajstić information content (AvgIpc) is 2.39. The molecule has 2 aromatic carbocycles. The van der Waals surface area contributed by atoms with Crippen molar-refractivity contribution in [3.63, 3.8) is 0 Å². The third-order valence-electron chi connectivity index (χ3n) is 3.10. The molecule has 0 nitrogen and oxygen atoms in total. The molecule has 2 atom stereocenters. The second-order valence-corrected chi connectivity index (χ2v) is 6.81. The topological polar surface area (TPSA) is 0 Å². The minimum atomic E-state index is -0.159. The van der Waals surface area contributed by atoms with E-state index in [0.717, 1.165) is 6.42 Å². The minimum absolute atomic E-state index is 0.000576. The lowest BCUT2D eigenvalue weighted by Gasteiger charge is -2.16. The van der Waals surface area contributed by atoms with E-state index < -0.39 is 0 Å². The summed E-state index contributed by atoms with van der Waals surface area (Å²) in [5, 5.41) is 0. The van der Waals surface area contributed by atoms with Gasteiger partial charge < -0.3 is 0 Å². The molecule has 0 spiro atoms. The smallest absolute Gasteiger partial charge is 0.127 e. The van der Waals surface area contributed by atoms with Gasteiger partial charge in [0.1, 0.15) is 5.82 Å². The first-order chi connectivity index (χ1) is 9.08. The van der Waals surface area contributed by atoms with Crippen LogP contribution in [0.4, 0.5) is 4.39 Å². The maximum Gasteiger partial charge on any atom is 0.127 e. The largest absolute Gasteiger partial charge is 0.207 e. The fourth-order valence-corrected chi connectivity index (χ4v) is 3.87. The van der Waals surface area contributed by atoms with Crippen LogP contribution < -0.4 is 0 Å². The number of rotatable bonds is 4. The monoisotopic (exact) mass is 384 g/mol. The Morgan fingerprint density at radius 2 is 1.58 bits per heavy atom. The van der Waals surface area contributed by atoms with E-state index >= 15 is 0 Å². The van der Waals surface area contributed by atoms with Crippen molar-refractivity contribution in [1.29, 1.82) is 0 Å². The van der Waals surface area contributed by atoms with Gasteiger partial charge in [0.25, 0.3) is 0 Å². The van der Waals surface area contributed by atoms with Gasteiger partial charge in [0.15, 0.2) is 0 Å². The van der Waals surface area contributed by atoms with Crippen molar-refractivity contribution in [1.82, 2.24) is 0 Å². The van der Waals surface area contributed by atoms with Gasteiger partial charge in [-0.2, -0.15) is 0 Å². The van der Waals surface area contributed by atoms with E-state index in [2.05, 4.69) is 63.0 Å². The van der Waals surface area contributed by atoms with E-state index in [4.69, 9.17) is 0 Å². The van der Waals surface area contributed by atoms with E-state index in [1.165, 1.54) is 17.2 Å². The highest BCUT2D eigenvalue weighted by Crippen LogP contribution is 2.38. The first kappa shape index (κ1) is 14.7. The molecule has 19 heavy (non-hydrogen) atoms. The van der Waals surface area contributed by atoms with Gasteiger partial charge in [-0.25, -0.2) is 4.39 Å². The number of benzene rings is 2. The molecule has 0 amide bonds. The van der Waals surface area contributed by atoms with E-state index in [1.807, 2.05) is 12.1 Å². The van der Waals surface area contributed by atoms with Gasteiger partial charge in [0, 0.05) is 15.2 Å². The maximum atomic E-state index is 13.7. The molecule has 2 unspecified atom stereocenters. The van der Waals surface area contributed by atoms with Gasteiger partial charge in [0.05, 0.1) is 0 Å². The zero-order valence-electron chi connectivity index (χ0n) is 10.6. The quantitative estimate of drug-likeness (QED) is 0.558. The fraction of sp³-hybridized carbons (Fsp3) is 0.250. The first-order valence-corrected chi connectivity index (χ1v) is 8.00. The summed E-state index contributed by atoms with van der Waals surface area (Å²) in [5.74, 6) is -0.159. The predicted octanol–water partition coefficient (Wildman–Crippen LogP) is 6.10.